The van der Waals surface area contributed by atoms with E-state index in [9.17, 15) is 19.1 Å². The monoisotopic (exact) mass is 504 g/mol. The highest BCUT2D eigenvalue weighted by Crippen LogP contribution is 2.38. The van der Waals surface area contributed by atoms with E-state index in [4.69, 9.17) is 11.6 Å². The van der Waals surface area contributed by atoms with E-state index in [1.54, 1.807) is 22.8 Å². The summed E-state index contributed by atoms with van der Waals surface area (Å²) in [6, 6.07) is 17.1. The van der Waals surface area contributed by atoms with Crippen molar-refractivity contribution in [3.63, 3.8) is 0 Å². The van der Waals surface area contributed by atoms with Crippen LogP contribution in [0.3, 0.4) is 0 Å². The number of carboxylic acid groups (broad SMARTS) is 1. The number of imidazole rings is 1. The molecule has 1 aliphatic carbocycles. The molecule has 1 aromatic heterocycles. The molecule has 0 fully saturated rings. The molecular weight excluding hydrogens is 479 g/mol. The van der Waals surface area contributed by atoms with Gasteiger partial charge < -0.3 is 5.11 Å². The number of nitrogens with zero attached hydrogens (tertiary/aromatic N) is 2. The first kappa shape index (κ1) is 24.1. The molecule has 5 nitrogen and oxygen atoms in total. The fourth-order valence-corrected chi connectivity index (χ4v) is 5.00. The number of benzene rings is 3. The molecule has 4 aromatic rings. The molecule has 0 unspecified atom stereocenters. The zero-order chi connectivity index (χ0) is 25.6. The van der Waals surface area contributed by atoms with Crippen molar-refractivity contribution in [2.75, 3.05) is 0 Å². The quantitative estimate of drug-likeness (QED) is 0.320. The van der Waals surface area contributed by atoms with E-state index < -0.39 is 17.3 Å². The Kier molecular flexibility index (Phi) is 6.08. The first-order valence-electron chi connectivity index (χ1n) is 11.9. The molecular formula is C29H26ClFN2O3. The van der Waals surface area contributed by atoms with Gasteiger partial charge in [0.15, 0.2) is 0 Å². The zero-order valence-electron chi connectivity index (χ0n) is 20.1. The van der Waals surface area contributed by atoms with E-state index in [1.807, 2.05) is 24.3 Å². The van der Waals surface area contributed by atoms with Gasteiger partial charge in [-0.3, -0.25) is 9.13 Å². The normalized spacial score (nSPS) is 15.2. The summed E-state index contributed by atoms with van der Waals surface area (Å²) in [6.07, 6.45) is 5.49. The number of allylic oxidation sites excluding steroid dienone is 2. The van der Waals surface area contributed by atoms with Crippen molar-refractivity contribution in [1.82, 2.24) is 9.13 Å². The van der Waals surface area contributed by atoms with Crippen LogP contribution in [-0.4, -0.2) is 20.2 Å². The van der Waals surface area contributed by atoms with Gasteiger partial charge in [0, 0.05) is 10.6 Å². The highest BCUT2D eigenvalue weighted by Gasteiger charge is 2.22. The Bertz CT molecular complexity index is 1580. The van der Waals surface area contributed by atoms with Crippen LogP contribution < -0.4 is 5.69 Å². The van der Waals surface area contributed by atoms with Gasteiger partial charge in [-0.25, -0.2) is 14.0 Å². The minimum Gasteiger partial charge on any atom is -0.478 e. The average molecular weight is 505 g/mol. The van der Waals surface area contributed by atoms with Crippen molar-refractivity contribution in [1.29, 1.82) is 0 Å². The number of carbonyl (C=O) groups is 1. The second kappa shape index (κ2) is 9.10. The van der Waals surface area contributed by atoms with Crippen LogP contribution >= 0.6 is 11.6 Å². The van der Waals surface area contributed by atoms with Crippen molar-refractivity contribution in [2.24, 2.45) is 5.41 Å². The largest absolute Gasteiger partial charge is 0.478 e. The maximum atomic E-state index is 14.9. The SMILES string of the molecule is CC1(C)CC=C(c2ccc(-n3c(=O)n(Cc4cccc(C(=O)O)c4F)c4ccc(Cl)cc43)cc2)CC1. The summed E-state index contributed by atoms with van der Waals surface area (Å²) in [5.41, 5.74) is 3.94. The molecule has 1 aliphatic rings. The first-order valence-corrected chi connectivity index (χ1v) is 12.2. The Morgan fingerprint density at radius 1 is 1.08 bits per heavy atom. The third-order valence-electron chi connectivity index (χ3n) is 7.00. The lowest BCUT2D eigenvalue weighted by Crippen LogP contribution is -2.24. The van der Waals surface area contributed by atoms with Crippen LogP contribution in [0.5, 0.6) is 0 Å². The van der Waals surface area contributed by atoms with Gasteiger partial charge in [0.1, 0.15) is 5.82 Å². The minimum absolute atomic E-state index is 0.113. The Balaban J connectivity index is 1.58. The second-order valence-electron chi connectivity index (χ2n) is 10.1. The fourth-order valence-electron chi connectivity index (χ4n) is 4.83. The van der Waals surface area contributed by atoms with Crippen LogP contribution in [-0.2, 0) is 6.54 Å². The lowest BCUT2D eigenvalue weighted by molar-refractivity contribution is 0.0691. The first-order chi connectivity index (χ1) is 17.1. The molecule has 0 atom stereocenters. The van der Waals surface area contributed by atoms with Gasteiger partial charge in [-0.05, 0) is 72.2 Å². The van der Waals surface area contributed by atoms with E-state index in [0.29, 0.717) is 27.2 Å². The molecule has 0 bridgehead atoms. The summed E-state index contributed by atoms with van der Waals surface area (Å²) in [5.74, 6) is -2.20. The maximum absolute atomic E-state index is 14.9. The molecule has 184 valence electrons. The molecule has 0 spiro atoms. The average Bonchev–Trinajstić information content (AvgIpc) is 3.10. The van der Waals surface area contributed by atoms with E-state index in [-0.39, 0.29) is 17.8 Å². The van der Waals surface area contributed by atoms with Gasteiger partial charge in [-0.15, -0.1) is 0 Å². The lowest BCUT2D eigenvalue weighted by Gasteiger charge is -2.28. The van der Waals surface area contributed by atoms with Gasteiger partial charge in [0.25, 0.3) is 0 Å². The summed E-state index contributed by atoms with van der Waals surface area (Å²) in [6.45, 7) is 4.44. The molecule has 0 radical (unpaired) electrons. The molecule has 7 heteroatoms. The van der Waals surface area contributed by atoms with Crippen molar-refractivity contribution in [2.45, 2.75) is 39.7 Å². The molecule has 0 aliphatic heterocycles. The smallest absolute Gasteiger partial charge is 0.338 e. The molecule has 0 saturated heterocycles. The van der Waals surface area contributed by atoms with Gasteiger partial charge in [-0.2, -0.15) is 0 Å². The van der Waals surface area contributed by atoms with Crippen LogP contribution in [0.4, 0.5) is 4.39 Å². The summed E-state index contributed by atoms with van der Waals surface area (Å²) >= 11 is 6.27. The Morgan fingerprint density at radius 2 is 1.83 bits per heavy atom. The van der Waals surface area contributed by atoms with E-state index in [2.05, 4.69) is 19.9 Å². The number of hydrogen-bond donors (Lipinski definition) is 1. The second-order valence-corrected chi connectivity index (χ2v) is 10.5. The Labute approximate surface area is 213 Å². The van der Waals surface area contributed by atoms with Crippen molar-refractivity contribution in [3.8, 4) is 5.69 Å². The van der Waals surface area contributed by atoms with Crippen LogP contribution in [0.25, 0.3) is 22.3 Å². The molecule has 3 aromatic carbocycles. The van der Waals surface area contributed by atoms with Crippen molar-refractivity contribution < 1.29 is 14.3 Å². The third-order valence-corrected chi connectivity index (χ3v) is 7.23. The number of aromatic nitrogens is 2. The van der Waals surface area contributed by atoms with Gasteiger partial charge in [-0.1, -0.05) is 55.8 Å². The van der Waals surface area contributed by atoms with E-state index >= 15 is 0 Å². The number of aromatic carboxylic acids is 1. The summed E-state index contributed by atoms with van der Waals surface area (Å²) in [5, 5.41) is 9.75. The number of halogens is 2. The number of carboxylic acids is 1. The van der Waals surface area contributed by atoms with Gasteiger partial charge >= 0.3 is 11.7 Å². The number of hydrogen-bond acceptors (Lipinski definition) is 2. The fraction of sp³-hybridized carbons (Fsp3) is 0.241. The Hall–Kier alpha value is -3.64. The van der Waals surface area contributed by atoms with Crippen LogP contribution in [0, 0.1) is 11.2 Å². The standard InChI is InChI=1S/C29H26ClFN2O3/c1-29(2)14-12-19(13-15-29)18-6-9-22(10-7-18)33-25-16-21(30)8-11-24(25)32(28(33)36)17-20-4-3-5-23(26(20)31)27(34)35/h3-12,16H,13-15,17H2,1-2H3,(H,34,35). The number of fused-ring (bicyclic) bond motifs is 1. The zero-order valence-corrected chi connectivity index (χ0v) is 20.8. The van der Waals surface area contributed by atoms with Gasteiger partial charge in [0.05, 0.1) is 28.8 Å². The minimum atomic E-state index is -1.35. The summed E-state index contributed by atoms with van der Waals surface area (Å²) in [7, 11) is 0. The predicted octanol–water partition coefficient (Wildman–Crippen LogP) is 6.92. The Morgan fingerprint density at radius 3 is 2.50 bits per heavy atom. The summed E-state index contributed by atoms with van der Waals surface area (Å²) in [4.78, 5) is 25.0. The highest BCUT2D eigenvalue weighted by atomic mass is 35.5. The van der Waals surface area contributed by atoms with Crippen molar-refractivity contribution in [3.05, 3.63) is 105 Å². The summed E-state index contributed by atoms with van der Waals surface area (Å²) < 4.78 is 17.9. The number of rotatable bonds is 5. The van der Waals surface area contributed by atoms with E-state index in [1.165, 1.54) is 28.3 Å². The third kappa shape index (κ3) is 4.37. The maximum Gasteiger partial charge on any atom is 0.338 e. The highest BCUT2D eigenvalue weighted by molar-refractivity contribution is 6.31. The molecule has 1 N–H and O–H groups in total. The topological polar surface area (TPSA) is 64.2 Å². The molecule has 5 rings (SSSR count). The van der Waals surface area contributed by atoms with Crippen molar-refractivity contribution >= 4 is 34.2 Å². The predicted molar refractivity (Wildman–Crippen MR) is 141 cm³/mol. The van der Waals surface area contributed by atoms with Crippen LogP contribution in [0.15, 0.2) is 71.5 Å². The van der Waals surface area contributed by atoms with Gasteiger partial charge in [0.2, 0.25) is 0 Å². The van der Waals surface area contributed by atoms with Crippen LogP contribution in [0.1, 0.15) is 54.6 Å². The molecule has 0 saturated carbocycles. The van der Waals surface area contributed by atoms with E-state index in [0.717, 1.165) is 24.8 Å². The molecule has 1 heterocycles. The molecule has 0 amide bonds. The van der Waals surface area contributed by atoms with Crippen LogP contribution in [0.2, 0.25) is 5.02 Å². The lowest BCUT2D eigenvalue weighted by atomic mass is 9.77. The molecule has 36 heavy (non-hydrogen) atoms.